The zero-order valence-electron chi connectivity index (χ0n) is 16.9. The molecule has 1 rings (SSSR count). The molecule has 7 heteroatoms. The van der Waals surface area contributed by atoms with E-state index in [9.17, 15) is 24.6 Å². The summed E-state index contributed by atoms with van der Waals surface area (Å²) in [6.07, 6.45) is 4.47. The maximum Gasteiger partial charge on any atom is 0.308 e. The molecular weight excluding hydrogens is 364 g/mol. The standard InChI is InChI=1S/C21H32O7/c1-14-4-6-18(24)7-5-16(8-9-22)20(27-3)11-19(25)12-21(26)28-15(2)17(10-14)13-23/h4,6,9-10,15-17,19-20,23,25H,5,7-8,11-13H2,1-3H3/b6-4+,14-10+/t15-,16-,17?,19+,20-/m1/s1. The van der Waals surface area contributed by atoms with E-state index in [1.165, 1.54) is 13.2 Å². The lowest BCUT2D eigenvalue weighted by atomic mass is 9.89. The van der Waals surface area contributed by atoms with Crippen molar-refractivity contribution >= 4 is 18.0 Å². The van der Waals surface area contributed by atoms with Crippen LogP contribution >= 0.6 is 0 Å². The normalized spacial score (nSPS) is 34.2. The minimum Gasteiger partial charge on any atom is -0.462 e. The van der Waals surface area contributed by atoms with E-state index in [4.69, 9.17) is 9.47 Å². The first kappa shape index (κ1) is 24.2. The van der Waals surface area contributed by atoms with E-state index in [1.54, 1.807) is 26.0 Å². The van der Waals surface area contributed by atoms with Crippen LogP contribution in [0.2, 0.25) is 0 Å². The number of esters is 1. The average Bonchev–Trinajstić information content (AvgIpc) is 2.64. The highest BCUT2D eigenvalue weighted by Crippen LogP contribution is 2.23. The van der Waals surface area contributed by atoms with Crippen LogP contribution in [-0.2, 0) is 23.9 Å². The lowest BCUT2D eigenvalue weighted by molar-refractivity contribution is -0.153. The molecule has 0 radical (unpaired) electrons. The third-order valence-electron chi connectivity index (χ3n) is 5.04. The molecule has 28 heavy (non-hydrogen) atoms. The Kier molecular flexibility index (Phi) is 10.9. The van der Waals surface area contributed by atoms with Crippen LogP contribution in [0.1, 0.15) is 46.0 Å². The number of methoxy groups -OCH3 is 1. The van der Waals surface area contributed by atoms with Gasteiger partial charge in [0.15, 0.2) is 5.78 Å². The molecule has 0 fully saturated rings. The Labute approximate surface area is 166 Å². The summed E-state index contributed by atoms with van der Waals surface area (Å²) in [4.78, 5) is 35.4. The van der Waals surface area contributed by atoms with Crippen molar-refractivity contribution in [1.82, 2.24) is 0 Å². The first-order chi connectivity index (χ1) is 13.3. The van der Waals surface area contributed by atoms with Gasteiger partial charge in [0.2, 0.25) is 0 Å². The molecule has 1 aliphatic heterocycles. The van der Waals surface area contributed by atoms with E-state index < -0.39 is 30.2 Å². The average molecular weight is 396 g/mol. The third-order valence-corrected chi connectivity index (χ3v) is 5.04. The molecule has 0 bridgehead atoms. The summed E-state index contributed by atoms with van der Waals surface area (Å²) in [6.45, 7) is 3.25. The highest BCUT2D eigenvalue weighted by molar-refractivity contribution is 5.90. The zero-order chi connectivity index (χ0) is 21.1. The van der Waals surface area contributed by atoms with Gasteiger partial charge in [-0.1, -0.05) is 17.7 Å². The number of ketones is 1. The molecule has 0 aromatic carbocycles. The molecule has 1 unspecified atom stereocenters. The minimum atomic E-state index is -0.993. The molecule has 5 atom stereocenters. The van der Waals surface area contributed by atoms with Crippen LogP contribution in [0.25, 0.3) is 0 Å². The van der Waals surface area contributed by atoms with Crippen LogP contribution in [0.3, 0.4) is 0 Å². The van der Waals surface area contributed by atoms with Gasteiger partial charge in [-0.25, -0.2) is 0 Å². The quantitative estimate of drug-likeness (QED) is 0.550. The number of aliphatic hydroxyl groups excluding tert-OH is 2. The molecule has 0 saturated heterocycles. The van der Waals surface area contributed by atoms with Gasteiger partial charge in [0.25, 0.3) is 0 Å². The second kappa shape index (κ2) is 12.6. The number of carbonyl (C=O) groups excluding carboxylic acids is 3. The molecule has 1 heterocycles. The van der Waals surface area contributed by atoms with Crippen LogP contribution in [0, 0.1) is 11.8 Å². The zero-order valence-corrected chi connectivity index (χ0v) is 16.9. The molecule has 0 aliphatic carbocycles. The van der Waals surface area contributed by atoms with Crippen molar-refractivity contribution in [2.75, 3.05) is 13.7 Å². The number of rotatable bonds is 4. The first-order valence-corrected chi connectivity index (χ1v) is 9.64. The van der Waals surface area contributed by atoms with E-state index in [-0.39, 0.29) is 44.0 Å². The van der Waals surface area contributed by atoms with E-state index in [2.05, 4.69) is 0 Å². The number of cyclic esters (lactones) is 1. The van der Waals surface area contributed by atoms with Gasteiger partial charge >= 0.3 is 5.97 Å². The van der Waals surface area contributed by atoms with E-state index >= 15 is 0 Å². The summed E-state index contributed by atoms with van der Waals surface area (Å²) in [5, 5.41) is 19.9. The summed E-state index contributed by atoms with van der Waals surface area (Å²) < 4.78 is 10.8. The number of allylic oxidation sites excluding steroid dienone is 3. The number of aldehydes is 1. The SMILES string of the molecule is CO[C@@H]1C[C@H](O)CC(=O)O[C@H](C)C(CO)/C=C(C)/C=C/C(=O)CC[C@@H]1CC=O. The predicted octanol–water partition coefficient (Wildman–Crippen LogP) is 1.75. The third kappa shape index (κ3) is 8.46. The van der Waals surface area contributed by atoms with Gasteiger partial charge in [0.1, 0.15) is 12.4 Å². The van der Waals surface area contributed by atoms with Crippen molar-refractivity contribution in [3.63, 3.8) is 0 Å². The predicted molar refractivity (Wildman–Crippen MR) is 103 cm³/mol. The molecule has 158 valence electrons. The molecule has 1 aliphatic rings. The van der Waals surface area contributed by atoms with Gasteiger partial charge in [-0.15, -0.1) is 0 Å². The summed E-state index contributed by atoms with van der Waals surface area (Å²) in [5.74, 6) is -1.29. The lowest BCUT2D eigenvalue weighted by Gasteiger charge is -2.27. The highest BCUT2D eigenvalue weighted by Gasteiger charge is 2.27. The molecule has 2 N–H and O–H groups in total. The largest absolute Gasteiger partial charge is 0.462 e. The van der Waals surface area contributed by atoms with Crippen molar-refractivity contribution in [3.8, 4) is 0 Å². The van der Waals surface area contributed by atoms with E-state index in [0.717, 1.165) is 11.9 Å². The number of ether oxygens (including phenoxy) is 2. The molecular formula is C21H32O7. The van der Waals surface area contributed by atoms with Crippen LogP contribution in [0.5, 0.6) is 0 Å². The Morgan fingerprint density at radius 3 is 2.64 bits per heavy atom. The highest BCUT2D eigenvalue weighted by atomic mass is 16.5. The van der Waals surface area contributed by atoms with Gasteiger partial charge in [0, 0.05) is 32.3 Å². The van der Waals surface area contributed by atoms with Gasteiger partial charge in [-0.05, 0) is 32.3 Å². The first-order valence-electron chi connectivity index (χ1n) is 9.64. The molecule has 0 aromatic rings. The summed E-state index contributed by atoms with van der Waals surface area (Å²) in [7, 11) is 1.48. The fourth-order valence-corrected chi connectivity index (χ4v) is 3.31. The Hall–Kier alpha value is -1.83. The Balaban J connectivity index is 3.08. The molecule has 0 saturated carbocycles. The molecule has 0 aromatic heterocycles. The van der Waals surface area contributed by atoms with Crippen LogP contribution in [0.4, 0.5) is 0 Å². The number of hydrogen-bond donors (Lipinski definition) is 2. The Morgan fingerprint density at radius 2 is 2.04 bits per heavy atom. The van der Waals surface area contributed by atoms with Gasteiger partial charge < -0.3 is 24.5 Å². The minimum absolute atomic E-state index is 0.0776. The maximum absolute atomic E-state index is 12.2. The monoisotopic (exact) mass is 396 g/mol. The molecule has 0 spiro atoms. The number of aliphatic hydroxyl groups is 2. The van der Waals surface area contributed by atoms with Gasteiger partial charge in [-0.2, -0.15) is 0 Å². The van der Waals surface area contributed by atoms with Crippen LogP contribution < -0.4 is 0 Å². The maximum atomic E-state index is 12.2. The number of carbonyl (C=O) groups is 3. The van der Waals surface area contributed by atoms with Crippen molar-refractivity contribution in [3.05, 3.63) is 23.8 Å². The van der Waals surface area contributed by atoms with E-state index in [0.29, 0.717) is 6.42 Å². The van der Waals surface area contributed by atoms with Crippen LogP contribution in [-0.4, -0.2) is 60.3 Å². The van der Waals surface area contributed by atoms with E-state index in [1.807, 2.05) is 0 Å². The lowest BCUT2D eigenvalue weighted by Crippen LogP contribution is -2.31. The van der Waals surface area contributed by atoms with Crippen molar-refractivity contribution in [2.24, 2.45) is 11.8 Å². The van der Waals surface area contributed by atoms with Gasteiger partial charge in [0.05, 0.1) is 25.2 Å². The van der Waals surface area contributed by atoms with Crippen LogP contribution in [0.15, 0.2) is 23.8 Å². The second-order valence-electron chi connectivity index (χ2n) is 7.32. The van der Waals surface area contributed by atoms with Gasteiger partial charge in [-0.3, -0.25) is 9.59 Å². The summed E-state index contributed by atoms with van der Waals surface area (Å²) in [5.41, 5.74) is 0.765. The van der Waals surface area contributed by atoms with Crippen molar-refractivity contribution in [2.45, 2.75) is 64.3 Å². The Morgan fingerprint density at radius 1 is 1.32 bits per heavy atom. The smallest absolute Gasteiger partial charge is 0.308 e. The molecule has 0 amide bonds. The Bertz CT molecular complexity index is 581. The van der Waals surface area contributed by atoms with Crippen molar-refractivity contribution in [1.29, 1.82) is 0 Å². The topological polar surface area (TPSA) is 110 Å². The number of hydrogen-bond acceptors (Lipinski definition) is 7. The van der Waals surface area contributed by atoms with Crippen molar-refractivity contribution < 1.29 is 34.1 Å². The fourth-order valence-electron chi connectivity index (χ4n) is 3.31. The summed E-state index contributed by atoms with van der Waals surface area (Å²) in [6, 6.07) is 0. The summed E-state index contributed by atoms with van der Waals surface area (Å²) >= 11 is 0. The second-order valence-corrected chi connectivity index (χ2v) is 7.32. The molecule has 7 nitrogen and oxygen atoms in total. The fraction of sp³-hybridized carbons (Fsp3) is 0.667.